The van der Waals surface area contributed by atoms with Crippen LogP contribution in [-0.4, -0.2) is 22.2 Å². The third-order valence-electron chi connectivity index (χ3n) is 5.07. The van der Waals surface area contributed by atoms with E-state index in [9.17, 15) is 14.7 Å². The highest BCUT2D eigenvalue weighted by Gasteiger charge is 2.24. The number of carboxylic acid groups (broad SMARTS) is 2. The molecule has 1 aromatic rings. The molecule has 0 aliphatic heterocycles. The lowest BCUT2D eigenvalue weighted by molar-refractivity contribution is -0.139. The fourth-order valence-electron chi connectivity index (χ4n) is 3.49. The van der Waals surface area contributed by atoms with Gasteiger partial charge in [-0.25, -0.2) is 0 Å². The Morgan fingerprint density at radius 3 is 1.55 bits per heavy atom. The van der Waals surface area contributed by atoms with Crippen molar-refractivity contribution in [1.29, 1.82) is 0 Å². The van der Waals surface area contributed by atoms with Gasteiger partial charge in [-0.05, 0) is 98.3 Å². The Labute approximate surface area is 215 Å². The van der Waals surface area contributed by atoms with Gasteiger partial charge in [-0.2, -0.15) is 0 Å². The first-order valence-corrected chi connectivity index (χ1v) is 13.7. The van der Waals surface area contributed by atoms with E-state index in [2.05, 4.69) is 79.9 Å². The zero-order chi connectivity index (χ0) is 21.6. The van der Waals surface area contributed by atoms with E-state index >= 15 is 0 Å². The lowest BCUT2D eigenvalue weighted by atomic mass is 9.93. The molecule has 0 spiro atoms. The zero-order valence-corrected chi connectivity index (χ0v) is 23.2. The van der Waals surface area contributed by atoms with E-state index in [4.69, 9.17) is 5.11 Å². The van der Waals surface area contributed by atoms with Crippen LogP contribution in [0.15, 0.2) is 12.1 Å². The fraction of sp³-hybridized carbons (Fsp3) is 0.636. The highest BCUT2D eigenvalue weighted by atomic mass is 127. The zero-order valence-electron chi connectivity index (χ0n) is 16.8. The number of hydrogen-bond donors (Lipinski definition) is 2. The van der Waals surface area contributed by atoms with Crippen LogP contribution in [0, 0.1) is 10.7 Å². The van der Waals surface area contributed by atoms with Crippen molar-refractivity contribution in [3.05, 3.63) is 28.4 Å². The smallest absolute Gasteiger partial charge is 0.311 e. The van der Waals surface area contributed by atoms with Crippen molar-refractivity contribution in [2.75, 3.05) is 0 Å². The van der Waals surface area contributed by atoms with E-state index in [-0.39, 0.29) is 0 Å². The summed E-state index contributed by atoms with van der Waals surface area (Å²) in [7, 11) is 0. The molecule has 0 amide bonds. The number of carbonyl (C=O) groups is 2. The van der Waals surface area contributed by atoms with Crippen molar-refractivity contribution >= 4 is 79.7 Å². The number of carboxylic acids is 2. The molecule has 0 radical (unpaired) electrons. The molecule has 7 heteroatoms. The number of rotatable bonds is 16. The van der Waals surface area contributed by atoms with Gasteiger partial charge < -0.3 is 10.2 Å². The quantitative estimate of drug-likeness (QED) is 0.134. The van der Waals surface area contributed by atoms with E-state index in [0.29, 0.717) is 12.8 Å². The minimum absolute atomic E-state index is 0.296. The van der Waals surface area contributed by atoms with Gasteiger partial charge in [-0.1, -0.05) is 64.2 Å². The maximum absolute atomic E-state index is 11.8. The summed E-state index contributed by atoms with van der Waals surface area (Å²) in [6.45, 7) is 0. The Kier molecular flexibility index (Phi) is 15.2. The third kappa shape index (κ3) is 12.1. The fourth-order valence-corrected chi connectivity index (χ4v) is 7.83. The van der Waals surface area contributed by atoms with Crippen molar-refractivity contribution in [2.45, 2.75) is 89.4 Å². The normalized spacial score (nSPS) is 12.1. The molecule has 0 aliphatic carbocycles. The molecule has 1 rings (SSSR count). The molecule has 0 fully saturated rings. The van der Waals surface area contributed by atoms with Crippen molar-refractivity contribution in [3.8, 4) is 0 Å². The van der Waals surface area contributed by atoms with Gasteiger partial charge in [-0.15, -0.1) is 0 Å². The first kappa shape index (κ1) is 27.4. The minimum atomic E-state index is -0.717. The molecule has 0 saturated carbocycles. The topological polar surface area (TPSA) is 74.6 Å². The Bertz CT molecular complexity index is 626. The van der Waals surface area contributed by atoms with Crippen molar-refractivity contribution in [2.24, 2.45) is 0 Å². The SMILES string of the molecule is O=C(O)CCCCCCCCCCCCCC(C(=O)O)c1c(I)cc(I)cc1I. The van der Waals surface area contributed by atoms with Gasteiger partial charge in [0.2, 0.25) is 0 Å². The number of aliphatic carboxylic acids is 2. The molecular formula is C22H31I3O4. The lowest BCUT2D eigenvalue weighted by Crippen LogP contribution is -2.15. The summed E-state index contributed by atoms with van der Waals surface area (Å²) in [6, 6.07) is 4.11. The second-order valence-electron chi connectivity index (χ2n) is 7.50. The van der Waals surface area contributed by atoms with Gasteiger partial charge in [0.25, 0.3) is 0 Å². The highest BCUT2D eigenvalue weighted by molar-refractivity contribution is 14.1. The maximum Gasteiger partial charge on any atom is 0.311 e. The van der Waals surface area contributed by atoms with Crippen LogP contribution in [0.25, 0.3) is 0 Å². The second-order valence-corrected chi connectivity index (χ2v) is 11.1. The van der Waals surface area contributed by atoms with Gasteiger partial charge in [0.05, 0.1) is 5.92 Å². The van der Waals surface area contributed by atoms with E-state index in [1.807, 2.05) is 0 Å². The predicted octanol–water partition coefficient (Wildman–Crippen LogP) is 7.82. The first-order valence-electron chi connectivity index (χ1n) is 10.4. The number of benzene rings is 1. The summed E-state index contributed by atoms with van der Waals surface area (Å²) in [5.74, 6) is -1.82. The van der Waals surface area contributed by atoms with E-state index < -0.39 is 17.9 Å². The number of unbranched alkanes of at least 4 members (excludes halogenated alkanes) is 10. The molecule has 4 nitrogen and oxygen atoms in total. The average Bonchev–Trinajstić information content (AvgIpc) is 2.62. The van der Waals surface area contributed by atoms with Crippen LogP contribution < -0.4 is 0 Å². The van der Waals surface area contributed by atoms with Gasteiger partial charge in [0.15, 0.2) is 0 Å². The van der Waals surface area contributed by atoms with Crippen molar-refractivity contribution in [3.63, 3.8) is 0 Å². The monoisotopic (exact) mass is 740 g/mol. The van der Waals surface area contributed by atoms with Crippen LogP contribution in [0.4, 0.5) is 0 Å². The molecule has 0 aliphatic rings. The number of hydrogen-bond acceptors (Lipinski definition) is 2. The molecule has 1 unspecified atom stereocenters. The second kappa shape index (κ2) is 16.0. The minimum Gasteiger partial charge on any atom is -0.481 e. The van der Waals surface area contributed by atoms with Crippen LogP contribution in [0.5, 0.6) is 0 Å². The lowest BCUT2D eigenvalue weighted by Gasteiger charge is -2.17. The standard InChI is InChI=1S/C22H31I3O4/c23-16-14-18(24)21(19(25)15-16)17(22(28)29)12-10-8-6-4-2-1-3-5-7-9-11-13-20(26)27/h14-15,17H,1-13H2,(H,26,27)(H,28,29). The van der Waals surface area contributed by atoms with E-state index in [1.165, 1.54) is 38.5 Å². The van der Waals surface area contributed by atoms with E-state index in [1.54, 1.807) is 0 Å². The molecule has 1 atom stereocenters. The first-order chi connectivity index (χ1) is 13.8. The van der Waals surface area contributed by atoms with Crippen LogP contribution in [0.1, 0.15) is 95.0 Å². The van der Waals surface area contributed by atoms with Crippen LogP contribution in [-0.2, 0) is 9.59 Å². The van der Waals surface area contributed by atoms with E-state index in [0.717, 1.165) is 48.4 Å². The molecule has 0 saturated heterocycles. The Morgan fingerprint density at radius 2 is 1.14 bits per heavy atom. The third-order valence-corrected chi connectivity index (χ3v) is 7.48. The summed E-state index contributed by atoms with van der Waals surface area (Å²) in [5.41, 5.74) is 0.975. The molecular weight excluding hydrogens is 709 g/mol. The Balaban J connectivity index is 2.16. The Hall–Kier alpha value is 0.350. The summed E-state index contributed by atoms with van der Waals surface area (Å²) < 4.78 is 3.24. The molecule has 2 N–H and O–H groups in total. The van der Waals surface area contributed by atoms with Gasteiger partial charge in [0.1, 0.15) is 0 Å². The number of halogens is 3. The summed E-state index contributed by atoms with van der Waals surface area (Å²) in [6.07, 6.45) is 13.3. The van der Waals surface area contributed by atoms with Crippen LogP contribution in [0.2, 0.25) is 0 Å². The van der Waals surface area contributed by atoms with Crippen molar-refractivity contribution in [1.82, 2.24) is 0 Å². The van der Waals surface area contributed by atoms with Crippen LogP contribution >= 0.6 is 67.8 Å². The molecule has 164 valence electrons. The molecule has 1 aromatic carbocycles. The van der Waals surface area contributed by atoms with Crippen molar-refractivity contribution < 1.29 is 19.8 Å². The molecule has 0 bridgehead atoms. The largest absolute Gasteiger partial charge is 0.481 e. The van der Waals surface area contributed by atoms with Crippen LogP contribution in [0.3, 0.4) is 0 Å². The summed E-state index contributed by atoms with van der Waals surface area (Å²) in [5, 5.41) is 18.3. The predicted molar refractivity (Wildman–Crippen MR) is 143 cm³/mol. The average molecular weight is 740 g/mol. The molecule has 0 heterocycles. The highest BCUT2D eigenvalue weighted by Crippen LogP contribution is 2.32. The summed E-state index contributed by atoms with van der Waals surface area (Å²) in [4.78, 5) is 22.3. The maximum atomic E-state index is 11.8. The van der Waals surface area contributed by atoms with Gasteiger partial charge in [-0.3, -0.25) is 9.59 Å². The summed E-state index contributed by atoms with van der Waals surface area (Å²) >= 11 is 6.80. The van der Waals surface area contributed by atoms with Gasteiger partial charge >= 0.3 is 11.9 Å². The Morgan fingerprint density at radius 1 is 0.724 bits per heavy atom. The molecule has 0 aromatic heterocycles. The van der Waals surface area contributed by atoms with Gasteiger partial charge in [0, 0.05) is 17.1 Å². The molecule has 29 heavy (non-hydrogen) atoms.